The summed E-state index contributed by atoms with van der Waals surface area (Å²) in [5.74, 6) is -0.181. The maximum atomic E-state index is 9.40. The highest BCUT2D eigenvalue weighted by Crippen LogP contribution is 2.25. The molecular weight excluding hydrogens is 216 g/mol. The molecule has 0 aliphatic rings. The Balaban J connectivity index is 0.00000256. The number of nitrogen functional groups attached to an aromatic ring is 1. The standard InChI is InChI=1S/C12H14N2O2.CH4/c1-7(5-11(15)8(2)13)9-3-4-10(14)12(16)6-9;/h3-6,15-16H,1-2,13-14H2;1H4/b11-5+;. The summed E-state index contributed by atoms with van der Waals surface area (Å²) in [4.78, 5) is 0. The number of hydrogen-bond donors (Lipinski definition) is 4. The number of rotatable bonds is 3. The predicted octanol–water partition coefficient (Wildman–Crippen LogP) is 2.54. The lowest BCUT2D eigenvalue weighted by Gasteiger charge is -2.05. The molecule has 0 radical (unpaired) electrons. The van der Waals surface area contributed by atoms with E-state index in [1.807, 2.05) is 0 Å². The topological polar surface area (TPSA) is 92.5 Å². The lowest BCUT2D eigenvalue weighted by Crippen LogP contribution is -1.98. The van der Waals surface area contributed by atoms with E-state index in [0.29, 0.717) is 11.1 Å². The van der Waals surface area contributed by atoms with Crippen molar-refractivity contribution < 1.29 is 10.2 Å². The zero-order chi connectivity index (χ0) is 12.3. The number of benzene rings is 1. The Labute approximate surface area is 101 Å². The zero-order valence-corrected chi connectivity index (χ0v) is 8.77. The van der Waals surface area contributed by atoms with Gasteiger partial charge in [0.05, 0.1) is 11.4 Å². The third-order valence-electron chi connectivity index (χ3n) is 2.04. The van der Waals surface area contributed by atoms with E-state index in [0.717, 1.165) is 0 Å². The van der Waals surface area contributed by atoms with Crippen molar-refractivity contribution in [1.29, 1.82) is 0 Å². The van der Waals surface area contributed by atoms with Gasteiger partial charge in [-0.3, -0.25) is 0 Å². The molecule has 0 heterocycles. The molecule has 0 amide bonds. The molecule has 1 aromatic carbocycles. The van der Waals surface area contributed by atoms with Gasteiger partial charge in [-0.2, -0.15) is 0 Å². The maximum absolute atomic E-state index is 9.40. The van der Waals surface area contributed by atoms with Crippen molar-refractivity contribution in [2.24, 2.45) is 5.73 Å². The van der Waals surface area contributed by atoms with Crippen molar-refractivity contribution in [1.82, 2.24) is 0 Å². The highest BCUT2D eigenvalue weighted by Gasteiger charge is 2.03. The molecule has 4 nitrogen and oxygen atoms in total. The molecule has 92 valence electrons. The van der Waals surface area contributed by atoms with Crippen LogP contribution >= 0.6 is 0 Å². The van der Waals surface area contributed by atoms with E-state index in [9.17, 15) is 10.2 Å². The first-order valence-electron chi connectivity index (χ1n) is 4.55. The van der Waals surface area contributed by atoms with Crippen LogP contribution in [0.2, 0.25) is 0 Å². The van der Waals surface area contributed by atoms with E-state index in [2.05, 4.69) is 13.2 Å². The summed E-state index contributed by atoms with van der Waals surface area (Å²) >= 11 is 0. The quantitative estimate of drug-likeness (QED) is 0.280. The minimum Gasteiger partial charge on any atom is -0.506 e. The second kappa shape index (κ2) is 5.65. The Morgan fingerprint density at radius 1 is 1.29 bits per heavy atom. The number of nitrogens with two attached hydrogens (primary N) is 2. The van der Waals surface area contributed by atoms with Gasteiger partial charge < -0.3 is 21.7 Å². The van der Waals surface area contributed by atoms with Gasteiger partial charge in [0.2, 0.25) is 0 Å². The third-order valence-corrected chi connectivity index (χ3v) is 2.04. The second-order valence-corrected chi connectivity index (χ2v) is 3.35. The van der Waals surface area contributed by atoms with Gasteiger partial charge in [0.1, 0.15) is 11.5 Å². The number of anilines is 1. The van der Waals surface area contributed by atoms with Crippen molar-refractivity contribution in [3.63, 3.8) is 0 Å². The Bertz CT molecular complexity index is 476. The van der Waals surface area contributed by atoms with Crippen molar-refractivity contribution in [3.8, 4) is 5.75 Å². The molecule has 0 aliphatic carbocycles. The molecule has 0 spiro atoms. The number of hydrogen-bond acceptors (Lipinski definition) is 4. The van der Waals surface area contributed by atoms with E-state index < -0.39 is 0 Å². The number of aliphatic hydroxyl groups is 1. The summed E-state index contributed by atoms with van der Waals surface area (Å²) in [5, 5.41) is 18.8. The van der Waals surface area contributed by atoms with E-state index in [1.54, 1.807) is 12.1 Å². The lowest BCUT2D eigenvalue weighted by molar-refractivity contribution is 0.423. The summed E-state index contributed by atoms with van der Waals surface area (Å²) in [7, 11) is 0. The van der Waals surface area contributed by atoms with E-state index in [-0.39, 0.29) is 30.3 Å². The van der Waals surface area contributed by atoms with Gasteiger partial charge >= 0.3 is 0 Å². The number of phenols is 1. The van der Waals surface area contributed by atoms with Crippen LogP contribution in [0.1, 0.15) is 13.0 Å². The predicted molar refractivity (Wildman–Crippen MR) is 72.3 cm³/mol. The Morgan fingerprint density at radius 2 is 1.88 bits per heavy atom. The highest BCUT2D eigenvalue weighted by atomic mass is 16.3. The summed E-state index contributed by atoms with van der Waals surface area (Å²) < 4.78 is 0. The Morgan fingerprint density at radius 3 is 2.35 bits per heavy atom. The van der Waals surface area contributed by atoms with Crippen LogP contribution in [0.5, 0.6) is 5.75 Å². The number of aromatic hydroxyl groups is 1. The van der Waals surface area contributed by atoms with Crippen LogP contribution in [0.15, 0.2) is 48.9 Å². The molecule has 0 unspecified atom stereocenters. The maximum Gasteiger partial charge on any atom is 0.139 e. The van der Waals surface area contributed by atoms with E-state index in [1.165, 1.54) is 12.1 Å². The molecule has 0 saturated carbocycles. The first-order valence-corrected chi connectivity index (χ1v) is 4.55. The molecule has 6 N–H and O–H groups in total. The molecule has 1 rings (SSSR count). The lowest BCUT2D eigenvalue weighted by atomic mass is 10.1. The SMILES string of the molecule is C.C=C(N)/C(O)=C\C(=C)c1ccc(N)c(O)c1. The number of allylic oxidation sites excluding steroid dienone is 2. The molecule has 0 atom stereocenters. The fourth-order valence-corrected chi connectivity index (χ4v) is 1.08. The first-order chi connectivity index (χ1) is 7.41. The van der Waals surface area contributed by atoms with Crippen LogP contribution < -0.4 is 11.5 Å². The average molecular weight is 234 g/mol. The molecule has 0 saturated heterocycles. The summed E-state index contributed by atoms with van der Waals surface area (Å²) in [5.41, 5.74) is 12.2. The Hall–Kier alpha value is -2.36. The van der Waals surface area contributed by atoms with Gasteiger partial charge in [0.15, 0.2) is 0 Å². The van der Waals surface area contributed by atoms with Gasteiger partial charge in [-0.15, -0.1) is 0 Å². The monoisotopic (exact) mass is 234 g/mol. The summed E-state index contributed by atoms with van der Waals surface area (Å²) in [6.45, 7) is 7.12. The molecule has 0 fully saturated rings. The molecule has 0 bridgehead atoms. The van der Waals surface area contributed by atoms with Gasteiger partial charge in [-0.25, -0.2) is 0 Å². The minimum atomic E-state index is -0.152. The normalized spacial score (nSPS) is 10.5. The van der Waals surface area contributed by atoms with E-state index >= 15 is 0 Å². The molecule has 1 aromatic rings. The zero-order valence-electron chi connectivity index (χ0n) is 8.77. The minimum absolute atomic E-state index is 0. The first kappa shape index (κ1) is 14.6. The van der Waals surface area contributed by atoms with Crippen molar-refractivity contribution in [3.05, 3.63) is 54.5 Å². The highest BCUT2D eigenvalue weighted by molar-refractivity contribution is 5.75. The number of phenolic OH excluding ortho intramolecular Hbond substituents is 1. The fourth-order valence-electron chi connectivity index (χ4n) is 1.08. The second-order valence-electron chi connectivity index (χ2n) is 3.35. The van der Waals surface area contributed by atoms with Crippen LogP contribution in [0.4, 0.5) is 5.69 Å². The van der Waals surface area contributed by atoms with Gasteiger partial charge in [-0.1, -0.05) is 26.7 Å². The Kier molecular flexibility index (Phi) is 4.87. The molecule has 0 aliphatic heterocycles. The summed E-state index contributed by atoms with van der Waals surface area (Å²) in [6, 6.07) is 4.69. The van der Waals surface area contributed by atoms with E-state index in [4.69, 9.17) is 11.5 Å². The number of aliphatic hydroxyl groups excluding tert-OH is 1. The van der Waals surface area contributed by atoms with Gasteiger partial charge in [0, 0.05) is 0 Å². The fraction of sp³-hybridized carbons (Fsp3) is 0.0769. The smallest absolute Gasteiger partial charge is 0.139 e. The van der Waals surface area contributed by atoms with Crippen LogP contribution in [-0.2, 0) is 0 Å². The molecule has 4 heteroatoms. The molecule has 17 heavy (non-hydrogen) atoms. The van der Waals surface area contributed by atoms with Crippen molar-refractivity contribution in [2.45, 2.75) is 7.43 Å². The molecular formula is C13H18N2O2. The van der Waals surface area contributed by atoms with Crippen LogP contribution in [0.25, 0.3) is 5.57 Å². The van der Waals surface area contributed by atoms with Crippen molar-refractivity contribution >= 4 is 11.3 Å². The average Bonchev–Trinajstić information content (AvgIpc) is 2.21. The summed E-state index contributed by atoms with van der Waals surface area (Å²) in [6.07, 6.45) is 1.37. The largest absolute Gasteiger partial charge is 0.506 e. The van der Waals surface area contributed by atoms with Gasteiger partial charge in [0.25, 0.3) is 0 Å². The molecule has 0 aromatic heterocycles. The van der Waals surface area contributed by atoms with Crippen LogP contribution in [-0.4, -0.2) is 10.2 Å². The van der Waals surface area contributed by atoms with Crippen LogP contribution in [0, 0.1) is 0 Å². The van der Waals surface area contributed by atoms with Crippen molar-refractivity contribution in [2.75, 3.05) is 5.73 Å². The van der Waals surface area contributed by atoms with Gasteiger partial charge in [-0.05, 0) is 29.3 Å². The van der Waals surface area contributed by atoms with Crippen LogP contribution in [0.3, 0.4) is 0 Å². The third kappa shape index (κ3) is 3.61.